The number of benzene rings is 2. The lowest BCUT2D eigenvalue weighted by molar-refractivity contribution is -0.124. The average molecular weight is 529 g/mol. The van der Waals surface area contributed by atoms with Crippen LogP contribution in [0.4, 0.5) is 15.9 Å². The predicted octanol–water partition coefficient (Wildman–Crippen LogP) is 3.08. The number of aliphatic hydroxyl groups is 1. The number of amides is 1. The lowest BCUT2D eigenvalue weighted by Gasteiger charge is -2.32. The monoisotopic (exact) mass is 528 g/mol. The Hall–Kier alpha value is -4.35. The number of likely N-dealkylation sites (tertiary alicyclic amines) is 1. The summed E-state index contributed by atoms with van der Waals surface area (Å²) in [6.45, 7) is 2.45. The second-order valence-electron chi connectivity index (χ2n) is 9.85. The summed E-state index contributed by atoms with van der Waals surface area (Å²) in [7, 11) is 0. The van der Waals surface area contributed by atoms with E-state index in [1.54, 1.807) is 6.07 Å². The summed E-state index contributed by atoms with van der Waals surface area (Å²) >= 11 is 0. The number of nitrogens with one attached hydrogen (secondary N) is 2. The van der Waals surface area contributed by atoms with E-state index in [0.29, 0.717) is 12.4 Å². The molecule has 200 valence electrons. The summed E-state index contributed by atoms with van der Waals surface area (Å²) in [4.78, 5) is 18.4. The highest BCUT2D eigenvalue weighted by atomic mass is 19.1. The van der Waals surface area contributed by atoms with E-state index in [0.717, 1.165) is 65.7 Å². The number of fused-ring (bicyclic) bond motifs is 2. The van der Waals surface area contributed by atoms with Crippen molar-refractivity contribution >= 4 is 33.8 Å². The topological polar surface area (TPSA) is 113 Å². The molecule has 6 rings (SSSR count). The van der Waals surface area contributed by atoms with Crippen LogP contribution in [0, 0.1) is 5.82 Å². The third-order valence-corrected chi connectivity index (χ3v) is 7.15. The van der Waals surface area contributed by atoms with Gasteiger partial charge < -0.3 is 15.7 Å². The van der Waals surface area contributed by atoms with E-state index in [1.807, 2.05) is 45.9 Å². The van der Waals surface area contributed by atoms with Gasteiger partial charge in [-0.1, -0.05) is 12.1 Å². The first-order chi connectivity index (χ1) is 19.1. The van der Waals surface area contributed by atoms with Gasteiger partial charge in [-0.05, 0) is 60.4 Å². The average Bonchev–Trinajstić information content (AvgIpc) is 3.54. The summed E-state index contributed by atoms with van der Waals surface area (Å²) in [5.41, 5.74) is 4.71. The third kappa shape index (κ3) is 5.45. The smallest absolute Gasteiger partial charge is 0.245 e. The molecule has 1 aliphatic rings. The second kappa shape index (κ2) is 10.8. The van der Waals surface area contributed by atoms with Crippen LogP contribution in [0.1, 0.15) is 24.0 Å². The van der Waals surface area contributed by atoms with Crippen LogP contribution >= 0.6 is 0 Å². The van der Waals surface area contributed by atoms with Crippen molar-refractivity contribution < 1.29 is 14.3 Å². The molecule has 0 radical (unpaired) electrons. The van der Waals surface area contributed by atoms with Crippen molar-refractivity contribution in [2.75, 3.05) is 25.0 Å². The van der Waals surface area contributed by atoms with Crippen LogP contribution in [0.5, 0.6) is 0 Å². The molecule has 0 aliphatic carbocycles. The minimum absolute atomic E-state index is 0.0976. The standard InChI is InChI=1S/C28H29FN8O2/c29-22-3-1-2-19(12-22)15-37-25-5-4-24(13-21(25)14-31-37)34-28-27-20(6-11-36(27)32-18-30-28)16-35-9-7-23(8-10-35)33-26(39)17-38/h1-6,11-14,18,23,38H,7-10,15-17H2,(H,33,39)(H,30,32,34). The van der Waals surface area contributed by atoms with Gasteiger partial charge in [-0.3, -0.25) is 14.4 Å². The Morgan fingerprint density at radius 2 is 1.95 bits per heavy atom. The van der Waals surface area contributed by atoms with Gasteiger partial charge in [0.05, 0.1) is 18.3 Å². The molecule has 39 heavy (non-hydrogen) atoms. The number of rotatable bonds is 8. The number of aliphatic hydroxyl groups excluding tert-OH is 1. The molecule has 3 aromatic heterocycles. The molecule has 0 unspecified atom stereocenters. The van der Waals surface area contributed by atoms with Crippen molar-refractivity contribution in [3.05, 3.63) is 84.2 Å². The molecule has 5 aromatic rings. The molecule has 4 heterocycles. The minimum atomic E-state index is -0.475. The highest BCUT2D eigenvalue weighted by Crippen LogP contribution is 2.27. The highest BCUT2D eigenvalue weighted by Gasteiger charge is 2.22. The quantitative estimate of drug-likeness (QED) is 0.284. The van der Waals surface area contributed by atoms with E-state index in [2.05, 4.69) is 36.8 Å². The maximum Gasteiger partial charge on any atom is 0.245 e. The Bertz CT molecular complexity index is 1620. The molecule has 10 nitrogen and oxygen atoms in total. The first kappa shape index (κ1) is 25.0. The van der Waals surface area contributed by atoms with Crippen molar-refractivity contribution in [3.63, 3.8) is 0 Å². The minimum Gasteiger partial charge on any atom is -0.387 e. The second-order valence-corrected chi connectivity index (χ2v) is 9.85. The van der Waals surface area contributed by atoms with Gasteiger partial charge in [-0.15, -0.1) is 0 Å². The number of carbonyl (C=O) groups excluding carboxylic acids is 1. The molecule has 0 bridgehead atoms. The molecule has 0 saturated carbocycles. The summed E-state index contributed by atoms with van der Waals surface area (Å²) in [5.74, 6) is 0.130. The van der Waals surface area contributed by atoms with Gasteiger partial charge in [-0.2, -0.15) is 10.2 Å². The van der Waals surface area contributed by atoms with Crippen molar-refractivity contribution in [2.24, 2.45) is 0 Å². The Balaban J connectivity index is 1.18. The van der Waals surface area contributed by atoms with Crippen LogP contribution < -0.4 is 10.6 Å². The van der Waals surface area contributed by atoms with E-state index >= 15 is 0 Å². The van der Waals surface area contributed by atoms with Crippen molar-refractivity contribution in [1.82, 2.24) is 34.6 Å². The van der Waals surface area contributed by atoms with E-state index in [4.69, 9.17) is 5.11 Å². The highest BCUT2D eigenvalue weighted by molar-refractivity contribution is 5.85. The van der Waals surface area contributed by atoms with Crippen molar-refractivity contribution in [3.8, 4) is 0 Å². The van der Waals surface area contributed by atoms with Crippen LogP contribution in [0.25, 0.3) is 16.4 Å². The van der Waals surface area contributed by atoms with Crippen molar-refractivity contribution in [2.45, 2.75) is 32.0 Å². The summed E-state index contributed by atoms with van der Waals surface area (Å²) in [6.07, 6.45) is 6.96. The van der Waals surface area contributed by atoms with Crippen LogP contribution in [0.15, 0.2) is 67.3 Å². The van der Waals surface area contributed by atoms with Gasteiger partial charge in [0.25, 0.3) is 0 Å². The van der Waals surface area contributed by atoms with E-state index in [9.17, 15) is 9.18 Å². The van der Waals surface area contributed by atoms with Gasteiger partial charge in [0.15, 0.2) is 5.82 Å². The number of nitrogens with zero attached hydrogens (tertiary/aromatic N) is 6. The van der Waals surface area contributed by atoms with Gasteiger partial charge >= 0.3 is 0 Å². The Morgan fingerprint density at radius 3 is 2.77 bits per heavy atom. The number of aromatic nitrogens is 5. The molecular formula is C28H29FN8O2. The maximum absolute atomic E-state index is 13.6. The largest absolute Gasteiger partial charge is 0.387 e. The molecule has 1 aliphatic heterocycles. The summed E-state index contributed by atoms with van der Waals surface area (Å²) in [6, 6.07) is 14.7. The fourth-order valence-electron chi connectivity index (χ4n) is 5.22. The van der Waals surface area contributed by atoms with E-state index in [-0.39, 0.29) is 17.8 Å². The van der Waals surface area contributed by atoms with Gasteiger partial charge in [0, 0.05) is 42.9 Å². The first-order valence-electron chi connectivity index (χ1n) is 13.0. The number of anilines is 2. The van der Waals surface area contributed by atoms with Gasteiger partial charge in [0.2, 0.25) is 5.91 Å². The summed E-state index contributed by atoms with van der Waals surface area (Å²) in [5, 5.41) is 25.2. The van der Waals surface area contributed by atoms with Gasteiger partial charge in [0.1, 0.15) is 24.3 Å². The molecule has 3 N–H and O–H groups in total. The van der Waals surface area contributed by atoms with Crippen LogP contribution in [0.2, 0.25) is 0 Å². The van der Waals surface area contributed by atoms with Gasteiger partial charge in [-0.25, -0.2) is 13.9 Å². The van der Waals surface area contributed by atoms with E-state index in [1.165, 1.54) is 18.5 Å². The lowest BCUT2D eigenvalue weighted by Crippen LogP contribution is -2.45. The van der Waals surface area contributed by atoms with Crippen LogP contribution in [0.3, 0.4) is 0 Å². The molecular weight excluding hydrogens is 499 g/mol. The third-order valence-electron chi connectivity index (χ3n) is 7.15. The molecule has 1 fully saturated rings. The molecule has 0 spiro atoms. The Labute approximate surface area is 224 Å². The summed E-state index contributed by atoms with van der Waals surface area (Å²) < 4.78 is 17.3. The lowest BCUT2D eigenvalue weighted by atomic mass is 10.0. The van der Waals surface area contributed by atoms with E-state index < -0.39 is 6.61 Å². The van der Waals surface area contributed by atoms with Crippen molar-refractivity contribution in [1.29, 1.82) is 0 Å². The predicted molar refractivity (Wildman–Crippen MR) is 145 cm³/mol. The fraction of sp³-hybridized carbons (Fsp3) is 0.286. The Kier molecular flexibility index (Phi) is 6.91. The zero-order chi connectivity index (χ0) is 26.8. The molecule has 2 aromatic carbocycles. The number of piperidine rings is 1. The zero-order valence-corrected chi connectivity index (χ0v) is 21.3. The maximum atomic E-state index is 13.6. The fourth-order valence-corrected chi connectivity index (χ4v) is 5.22. The number of hydrogen-bond donors (Lipinski definition) is 3. The molecule has 1 saturated heterocycles. The molecule has 1 amide bonds. The molecule has 0 atom stereocenters. The Morgan fingerprint density at radius 1 is 1.08 bits per heavy atom. The normalized spacial score (nSPS) is 14.7. The molecule has 11 heteroatoms. The van der Waals surface area contributed by atoms with Crippen LogP contribution in [-0.4, -0.2) is 66.0 Å². The SMILES string of the molecule is O=C(CO)NC1CCN(Cc2ccn3ncnc(Nc4ccc5c(cnn5Cc5cccc(F)c5)c4)c23)CC1. The van der Waals surface area contributed by atoms with Crippen LogP contribution in [-0.2, 0) is 17.9 Å². The number of carbonyl (C=O) groups is 1. The zero-order valence-electron chi connectivity index (χ0n) is 21.3. The first-order valence-corrected chi connectivity index (χ1v) is 13.0. The number of halogens is 1. The number of hydrogen-bond acceptors (Lipinski definition) is 7.